The van der Waals surface area contributed by atoms with Crippen molar-refractivity contribution in [2.24, 2.45) is 0 Å². The van der Waals surface area contributed by atoms with Gasteiger partial charge in [-0.05, 0) is 37.3 Å². The number of carbonyl (C=O) groups is 1. The van der Waals surface area contributed by atoms with Crippen molar-refractivity contribution < 1.29 is 22.5 Å². The lowest BCUT2D eigenvalue weighted by Gasteiger charge is -2.30. The van der Waals surface area contributed by atoms with Crippen molar-refractivity contribution in [3.63, 3.8) is 0 Å². The molecule has 0 fully saturated rings. The molecular weight excluding hydrogens is 445 g/mol. The van der Waals surface area contributed by atoms with Gasteiger partial charge in [-0.3, -0.25) is 19.2 Å². The highest BCUT2D eigenvalue weighted by atomic mass is 79.9. The summed E-state index contributed by atoms with van der Waals surface area (Å²) in [4.78, 5) is 20.5. The maximum absolute atomic E-state index is 14.4. The van der Waals surface area contributed by atoms with Crippen molar-refractivity contribution >= 4 is 43.7 Å². The van der Waals surface area contributed by atoms with E-state index >= 15 is 0 Å². The Bertz CT molecular complexity index is 953. The number of carbonyl (C=O) groups excluding carboxylic acids is 1. The van der Waals surface area contributed by atoms with Crippen LogP contribution in [-0.4, -0.2) is 32.3 Å². The summed E-state index contributed by atoms with van der Waals surface area (Å²) in [5.74, 6) is -0.776. The minimum absolute atomic E-state index is 0.0678. The summed E-state index contributed by atoms with van der Waals surface area (Å²) >= 11 is 3.18. The lowest BCUT2D eigenvalue weighted by Crippen LogP contribution is -2.44. The molecule has 0 saturated carbocycles. The fourth-order valence-corrected chi connectivity index (χ4v) is 4.42. The summed E-state index contributed by atoms with van der Waals surface area (Å²) in [6, 6.07) is 7.26. The molecule has 2 aromatic carbocycles. The predicted octanol–water partition coefficient (Wildman–Crippen LogP) is 2.83. The molecular formula is C16H15BrFN3O5S. The van der Waals surface area contributed by atoms with Crippen LogP contribution in [0.25, 0.3) is 0 Å². The summed E-state index contributed by atoms with van der Waals surface area (Å²) in [7, 11) is -4.27. The number of nitrogens with zero attached hydrogens (tertiary/aromatic N) is 2. The molecule has 1 N–H and O–H groups in total. The molecule has 144 valence electrons. The Labute approximate surface area is 163 Å². The van der Waals surface area contributed by atoms with Gasteiger partial charge in [0.25, 0.3) is 15.7 Å². The lowest BCUT2D eigenvalue weighted by atomic mass is 10.2. The Morgan fingerprint density at radius 1 is 1.30 bits per heavy atom. The van der Waals surface area contributed by atoms with Gasteiger partial charge < -0.3 is 5.32 Å². The summed E-state index contributed by atoms with van der Waals surface area (Å²) in [6.07, 6.45) is 0.407. The van der Waals surface area contributed by atoms with Gasteiger partial charge in [0.1, 0.15) is 5.82 Å². The third kappa shape index (κ3) is 4.61. The van der Waals surface area contributed by atoms with E-state index in [-0.39, 0.29) is 22.8 Å². The number of sulfonamides is 1. The van der Waals surface area contributed by atoms with Crippen molar-refractivity contribution in [1.29, 1.82) is 0 Å². The van der Waals surface area contributed by atoms with Gasteiger partial charge >= 0.3 is 0 Å². The van der Waals surface area contributed by atoms with Gasteiger partial charge in [0.05, 0.1) is 21.5 Å². The highest BCUT2D eigenvalue weighted by Gasteiger charge is 2.32. The second-order valence-electron chi connectivity index (χ2n) is 5.52. The molecule has 0 aliphatic carbocycles. The van der Waals surface area contributed by atoms with Gasteiger partial charge in [-0.1, -0.05) is 15.9 Å². The van der Waals surface area contributed by atoms with Gasteiger partial charge in [0, 0.05) is 23.2 Å². The summed E-state index contributed by atoms with van der Waals surface area (Å²) in [5, 5.41) is 13.1. The molecule has 8 nitrogen and oxygen atoms in total. The molecule has 11 heteroatoms. The largest absolute Gasteiger partial charge is 0.357 e. The van der Waals surface area contributed by atoms with Gasteiger partial charge in [-0.25, -0.2) is 12.8 Å². The number of rotatable bonds is 8. The Hall–Kier alpha value is -2.53. The highest BCUT2D eigenvalue weighted by Crippen LogP contribution is 2.31. The van der Waals surface area contributed by atoms with Crippen molar-refractivity contribution in [3.05, 3.63) is 62.9 Å². The molecule has 2 rings (SSSR count). The number of non-ortho nitro benzene ring substituents is 1. The average Bonchev–Trinajstić information content (AvgIpc) is 2.63. The number of benzene rings is 2. The van der Waals surface area contributed by atoms with E-state index in [2.05, 4.69) is 21.2 Å². The van der Waals surface area contributed by atoms with E-state index in [1.807, 2.05) is 0 Å². The molecule has 1 atom stereocenters. The molecule has 27 heavy (non-hydrogen) atoms. The number of hydrogen-bond donors (Lipinski definition) is 1. The zero-order chi connectivity index (χ0) is 20.2. The van der Waals surface area contributed by atoms with E-state index in [1.54, 1.807) is 0 Å². The molecule has 0 bridgehead atoms. The first-order valence-electron chi connectivity index (χ1n) is 7.59. The Kier molecular flexibility index (Phi) is 6.50. The molecule has 0 aliphatic heterocycles. The van der Waals surface area contributed by atoms with Crippen molar-refractivity contribution in [1.82, 2.24) is 5.32 Å². The van der Waals surface area contributed by atoms with E-state index in [0.29, 0.717) is 10.9 Å². The van der Waals surface area contributed by atoms with Crippen LogP contribution in [0.4, 0.5) is 15.8 Å². The van der Waals surface area contributed by atoms with Crippen LogP contribution in [0, 0.1) is 15.9 Å². The van der Waals surface area contributed by atoms with Crippen LogP contribution < -0.4 is 9.62 Å². The molecule has 0 aromatic heterocycles. The topological polar surface area (TPSA) is 110 Å². The average molecular weight is 460 g/mol. The minimum atomic E-state index is -4.27. The fraction of sp³-hybridized carbons (Fsp3) is 0.188. The van der Waals surface area contributed by atoms with Crippen LogP contribution in [-0.2, 0) is 14.8 Å². The number of halogens is 2. The third-order valence-electron chi connectivity index (χ3n) is 3.65. The van der Waals surface area contributed by atoms with E-state index in [0.717, 1.165) is 34.6 Å². The van der Waals surface area contributed by atoms with Crippen molar-refractivity contribution in [2.75, 3.05) is 10.8 Å². The van der Waals surface area contributed by atoms with E-state index in [9.17, 15) is 27.7 Å². The first-order valence-corrected chi connectivity index (χ1v) is 9.82. The zero-order valence-electron chi connectivity index (χ0n) is 14.0. The number of anilines is 1. The third-order valence-corrected chi connectivity index (χ3v) is 6.08. The van der Waals surface area contributed by atoms with E-state index < -0.39 is 26.8 Å². The fourth-order valence-electron chi connectivity index (χ4n) is 2.41. The molecule has 0 unspecified atom stereocenters. The number of nitro benzene ring substituents is 1. The van der Waals surface area contributed by atoms with Crippen LogP contribution >= 0.6 is 15.9 Å². The Balaban J connectivity index is 2.58. The van der Waals surface area contributed by atoms with Gasteiger partial charge in [0.2, 0.25) is 6.41 Å². The standard InChI is InChI=1S/C16H15BrFN3O5S/c1-11(9-19-10-22)20(16-8-12(17)2-7-15(16)18)27(25,26)14-5-3-13(4-6-14)21(23)24/h2-8,10-11H,9H2,1H3,(H,19,22)/t11-/m0/s1. The van der Waals surface area contributed by atoms with Crippen LogP contribution in [0.15, 0.2) is 51.8 Å². The second-order valence-corrected chi connectivity index (χ2v) is 8.25. The van der Waals surface area contributed by atoms with E-state index in [1.165, 1.54) is 19.1 Å². The molecule has 0 saturated heterocycles. The maximum atomic E-state index is 14.4. The van der Waals surface area contributed by atoms with Crippen molar-refractivity contribution in [3.8, 4) is 0 Å². The first-order chi connectivity index (χ1) is 12.7. The summed E-state index contributed by atoms with van der Waals surface area (Å²) in [5.41, 5.74) is -0.493. The Morgan fingerprint density at radius 3 is 2.48 bits per heavy atom. The van der Waals surface area contributed by atoms with Crippen LogP contribution in [0.2, 0.25) is 0 Å². The Morgan fingerprint density at radius 2 is 1.93 bits per heavy atom. The SMILES string of the molecule is C[C@@H](CNC=O)N(c1cc(Br)ccc1F)S(=O)(=O)c1ccc([N+](=O)[O-])cc1. The monoisotopic (exact) mass is 459 g/mol. The van der Waals surface area contributed by atoms with Gasteiger partial charge in [-0.15, -0.1) is 0 Å². The molecule has 0 radical (unpaired) electrons. The van der Waals surface area contributed by atoms with Crippen LogP contribution in [0.5, 0.6) is 0 Å². The predicted molar refractivity (Wildman–Crippen MR) is 100 cm³/mol. The van der Waals surface area contributed by atoms with Crippen LogP contribution in [0.3, 0.4) is 0 Å². The summed E-state index contributed by atoms with van der Waals surface area (Å²) < 4.78 is 42.0. The molecule has 0 aliphatic rings. The smallest absolute Gasteiger partial charge is 0.269 e. The number of amides is 1. The highest BCUT2D eigenvalue weighted by molar-refractivity contribution is 9.10. The lowest BCUT2D eigenvalue weighted by molar-refractivity contribution is -0.384. The van der Waals surface area contributed by atoms with Crippen LogP contribution in [0.1, 0.15) is 6.92 Å². The molecule has 2 aromatic rings. The summed E-state index contributed by atoms with van der Waals surface area (Å²) in [6.45, 7) is 1.43. The molecule has 0 spiro atoms. The van der Waals surface area contributed by atoms with Gasteiger partial charge in [0.15, 0.2) is 0 Å². The minimum Gasteiger partial charge on any atom is -0.357 e. The maximum Gasteiger partial charge on any atom is 0.269 e. The van der Waals surface area contributed by atoms with E-state index in [4.69, 9.17) is 0 Å². The number of nitro groups is 1. The first kappa shape index (κ1) is 20.8. The zero-order valence-corrected chi connectivity index (χ0v) is 16.4. The molecule has 0 heterocycles. The molecule has 1 amide bonds. The van der Waals surface area contributed by atoms with Crippen molar-refractivity contribution in [2.45, 2.75) is 17.9 Å². The number of hydrogen-bond acceptors (Lipinski definition) is 5. The second kappa shape index (κ2) is 8.44. The van der Waals surface area contributed by atoms with Gasteiger partial charge in [-0.2, -0.15) is 0 Å². The normalized spacial score (nSPS) is 12.3. The quantitative estimate of drug-likeness (QED) is 0.370. The number of nitrogens with one attached hydrogen (secondary N) is 1.